The maximum Gasteiger partial charge on any atom is 0.143 e. The van der Waals surface area contributed by atoms with E-state index in [4.69, 9.17) is 4.42 Å². The highest BCUT2D eigenvalue weighted by Gasteiger charge is 2.21. The smallest absolute Gasteiger partial charge is 0.143 e. The Morgan fingerprint density at radius 2 is 0.720 bits per heavy atom. The van der Waals surface area contributed by atoms with E-state index in [0.717, 1.165) is 89.2 Å². The van der Waals surface area contributed by atoms with Gasteiger partial charge in [0.2, 0.25) is 0 Å². The Morgan fingerprint density at radius 1 is 0.267 bits per heavy atom. The minimum absolute atomic E-state index is 0.896. The minimum Gasteiger partial charge on any atom is -0.455 e. The van der Waals surface area contributed by atoms with E-state index < -0.39 is 0 Å². The summed E-state index contributed by atoms with van der Waals surface area (Å²) in [5.41, 5.74) is 22.4. The Morgan fingerprint density at radius 3 is 1.45 bits per heavy atom. The zero-order valence-corrected chi connectivity index (χ0v) is 41.0. The fourth-order valence-electron chi connectivity index (χ4n) is 11.3. The third kappa shape index (κ3) is 7.78. The van der Waals surface area contributed by atoms with Gasteiger partial charge in [0.1, 0.15) is 11.2 Å². The van der Waals surface area contributed by atoms with Crippen LogP contribution in [-0.4, -0.2) is 4.57 Å². The van der Waals surface area contributed by atoms with Gasteiger partial charge in [-0.05, 0) is 111 Å². The molecule has 0 bridgehead atoms. The summed E-state index contributed by atoms with van der Waals surface area (Å²) in [4.78, 5) is 2.40. The van der Waals surface area contributed by atoms with Crippen LogP contribution >= 0.6 is 0 Å². The van der Waals surface area contributed by atoms with Gasteiger partial charge in [-0.1, -0.05) is 231 Å². The average Bonchev–Trinajstić information content (AvgIpc) is 4.06. The minimum atomic E-state index is 0.896. The molecule has 0 N–H and O–H groups in total. The molecule has 2 heterocycles. The summed E-state index contributed by atoms with van der Waals surface area (Å²) in [5, 5.41) is 4.76. The zero-order valence-electron chi connectivity index (χ0n) is 41.0. The number of nitrogens with zero attached hydrogens (tertiary/aromatic N) is 2. The lowest BCUT2D eigenvalue weighted by molar-refractivity contribution is 0.670. The fourth-order valence-corrected chi connectivity index (χ4v) is 11.3. The van der Waals surface area contributed by atoms with Crippen molar-refractivity contribution in [2.24, 2.45) is 0 Å². The molecular weight excluding hydrogens is 909 g/mol. The van der Waals surface area contributed by atoms with Gasteiger partial charge in [0.25, 0.3) is 0 Å². The molecule has 3 heteroatoms. The molecule has 0 saturated carbocycles. The Balaban J connectivity index is 0.853. The molecule has 0 unspecified atom stereocenters. The molecular formula is C72H48N2O. The van der Waals surface area contributed by atoms with E-state index in [1.54, 1.807) is 0 Å². The molecule has 75 heavy (non-hydrogen) atoms. The molecule has 0 amide bonds. The molecule has 0 atom stereocenters. The summed E-state index contributed by atoms with van der Waals surface area (Å²) in [6, 6.07) is 105. The predicted molar refractivity (Wildman–Crippen MR) is 315 cm³/mol. The third-order valence-electron chi connectivity index (χ3n) is 14.9. The summed E-state index contributed by atoms with van der Waals surface area (Å²) in [7, 11) is 0. The van der Waals surface area contributed by atoms with Crippen molar-refractivity contribution in [3.8, 4) is 72.4 Å². The van der Waals surface area contributed by atoms with Crippen LogP contribution in [0.1, 0.15) is 0 Å². The van der Waals surface area contributed by atoms with E-state index >= 15 is 0 Å². The number of anilines is 3. The van der Waals surface area contributed by atoms with Crippen molar-refractivity contribution in [1.82, 2.24) is 4.57 Å². The monoisotopic (exact) mass is 956 g/mol. The first-order valence-electron chi connectivity index (χ1n) is 25.7. The van der Waals surface area contributed by atoms with Crippen LogP contribution in [0.4, 0.5) is 17.1 Å². The van der Waals surface area contributed by atoms with Gasteiger partial charge in [-0.25, -0.2) is 0 Å². The highest BCUT2D eigenvalue weighted by molar-refractivity contribution is 6.11. The molecule has 12 aromatic carbocycles. The first-order valence-corrected chi connectivity index (χ1v) is 25.7. The van der Waals surface area contributed by atoms with Gasteiger partial charge < -0.3 is 13.9 Å². The van der Waals surface area contributed by atoms with Gasteiger partial charge in [-0.3, -0.25) is 0 Å². The quantitative estimate of drug-likeness (QED) is 0.136. The van der Waals surface area contributed by atoms with Crippen LogP contribution in [0.2, 0.25) is 0 Å². The first kappa shape index (κ1) is 43.8. The largest absolute Gasteiger partial charge is 0.455 e. The molecule has 0 aliphatic heterocycles. The predicted octanol–water partition coefficient (Wildman–Crippen LogP) is 20.2. The third-order valence-corrected chi connectivity index (χ3v) is 14.9. The molecule has 0 aliphatic carbocycles. The van der Waals surface area contributed by atoms with E-state index in [1.165, 1.54) is 44.1 Å². The van der Waals surface area contributed by atoms with Crippen molar-refractivity contribution in [2.45, 2.75) is 0 Å². The molecule has 2 aromatic heterocycles. The number of fused-ring (bicyclic) bond motifs is 6. The van der Waals surface area contributed by atoms with Crippen molar-refractivity contribution >= 4 is 60.8 Å². The van der Waals surface area contributed by atoms with Gasteiger partial charge >= 0.3 is 0 Å². The topological polar surface area (TPSA) is 21.3 Å². The molecule has 352 valence electrons. The maximum atomic E-state index is 6.55. The maximum absolute atomic E-state index is 6.55. The van der Waals surface area contributed by atoms with Gasteiger partial charge in [0.15, 0.2) is 0 Å². The van der Waals surface area contributed by atoms with Crippen molar-refractivity contribution in [2.75, 3.05) is 4.90 Å². The average molecular weight is 957 g/mol. The van der Waals surface area contributed by atoms with Crippen LogP contribution < -0.4 is 4.90 Å². The molecule has 3 nitrogen and oxygen atoms in total. The summed E-state index contributed by atoms with van der Waals surface area (Å²) in [5.74, 6) is 0. The number of hydrogen-bond donors (Lipinski definition) is 0. The number of para-hydroxylation sites is 6. The molecule has 14 rings (SSSR count). The Hall–Kier alpha value is -9.96. The molecule has 14 aromatic rings. The van der Waals surface area contributed by atoms with Crippen molar-refractivity contribution in [3.63, 3.8) is 0 Å². The molecule has 0 aliphatic rings. The van der Waals surface area contributed by atoms with Crippen molar-refractivity contribution in [1.29, 1.82) is 0 Å². The summed E-state index contributed by atoms with van der Waals surface area (Å²) in [6.45, 7) is 0. The highest BCUT2D eigenvalue weighted by Crippen LogP contribution is 2.45. The van der Waals surface area contributed by atoms with E-state index in [0.29, 0.717) is 0 Å². The lowest BCUT2D eigenvalue weighted by Gasteiger charge is -2.28. The zero-order chi connectivity index (χ0) is 49.7. The van der Waals surface area contributed by atoms with Crippen LogP contribution in [0.25, 0.3) is 116 Å². The SMILES string of the molecule is c1ccc(-c2ccc(-c3ccccc3N(c3ccc(-c4cccc(-c5ccccc5-n5c6ccccc6c6ccccc65)c4)cc3)c3ccc(-c4ccccc4-c4cccc5c4oc4ccccc45)cc3)cc2)cc1. The summed E-state index contributed by atoms with van der Waals surface area (Å²) >= 11 is 0. The van der Waals surface area contributed by atoms with Crippen LogP contribution in [-0.2, 0) is 0 Å². The normalized spacial score (nSPS) is 11.5. The van der Waals surface area contributed by atoms with Crippen molar-refractivity contribution < 1.29 is 4.42 Å². The molecule has 0 saturated heterocycles. The number of hydrogen-bond acceptors (Lipinski definition) is 2. The number of furan rings is 1. The standard InChI is InChI=1S/C72H48N2O/c1-2-18-49(19-3-1)50-36-38-53(39-37-50)59-23-6-11-31-67(59)73(57-46-42-52(43-47-57)58-22-4-5-25-61(58)65-29-17-30-66-64-28-10-15-35-71(64)75-72(65)66)56-44-40-51(41-45-56)54-20-16-21-55(48-54)60-24-7-12-32-68(60)74-69-33-13-8-26-62(69)63-27-9-14-34-70(63)74/h1-48H. The van der Waals surface area contributed by atoms with Gasteiger partial charge in [0, 0.05) is 49.6 Å². The number of rotatable bonds is 10. The van der Waals surface area contributed by atoms with E-state index in [-0.39, 0.29) is 0 Å². The second-order valence-corrected chi connectivity index (χ2v) is 19.2. The lowest BCUT2D eigenvalue weighted by atomic mass is 9.93. The van der Waals surface area contributed by atoms with Crippen LogP contribution in [0, 0.1) is 0 Å². The van der Waals surface area contributed by atoms with Crippen LogP contribution in [0.5, 0.6) is 0 Å². The second-order valence-electron chi connectivity index (χ2n) is 19.2. The molecule has 0 fully saturated rings. The Bertz CT molecular complexity index is 4340. The van der Waals surface area contributed by atoms with E-state index in [1.807, 2.05) is 12.1 Å². The van der Waals surface area contributed by atoms with Gasteiger partial charge in [-0.15, -0.1) is 0 Å². The second kappa shape index (κ2) is 18.6. The molecule has 0 spiro atoms. The molecule has 0 radical (unpaired) electrons. The fraction of sp³-hybridized carbons (Fsp3) is 0. The summed E-state index contributed by atoms with van der Waals surface area (Å²) < 4.78 is 8.97. The summed E-state index contributed by atoms with van der Waals surface area (Å²) in [6.07, 6.45) is 0. The Labute approximate surface area is 436 Å². The van der Waals surface area contributed by atoms with Gasteiger partial charge in [-0.2, -0.15) is 0 Å². The lowest BCUT2D eigenvalue weighted by Crippen LogP contribution is -2.11. The van der Waals surface area contributed by atoms with Crippen LogP contribution in [0.15, 0.2) is 296 Å². The Kier molecular flexibility index (Phi) is 10.8. The van der Waals surface area contributed by atoms with Gasteiger partial charge in [0.05, 0.1) is 22.4 Å². The van der Waals surface area contributed by atoms with E-state index in [2.05, 4.69) is 289 Å². The van der Waals surface area contributed by atoms with E-state index in [9.17, 15) is 0 Å². The highest BCUT2D eigenvalue weighted by atomic mass is 16.3. The van der Waals surface area contributed by atoms with Crippen LogP contribution in [0.3, 0.4) is 0 Å². The van der Waals surface area contributed by atoms with Crippen molar-refractivity contribution in [3.05, 3.63) is 291 Å². The first-order chi connectivity index (χ1) is 37.2. The number of aromatic nitrogens is 1. The number of benzene rings is 12.